The Morgan fingerprint density at radius 1 is 0.493 bits per heavy atom. The van der Waals surface area contributed by atoms with Gasteiger partial charge in [0.2, 0.25) is 0 Å². The molecule has 0 amide bonds. The van der Waals surface area contributed by atoms with Gasteiger partial charge in [0.25, 0.3) is 0 Å². The van der Waals surface area contributed by atoms with E-state index in [1.165, 1.54) is 38.4 Å². The number of phenols is 1. The first-order valence-electron chi connectivity index (χ1n) is 25.2. The maximum atomic E-state index is 12.7. The molecule has 3 heterocycles. The van der Waals surface area contributed by atoms with Crippen molar-refractivity contribution in [3.05, 3.63) is 180 Å². The Balaban J connectivity index is 1.18. The van der Waals surface area contributed by atoms with Crippen LogP contribution in [0.2, 0.25) is 0 Å². The van der Waals surface area contributed by atoms with Crippen molar-refractivity contribution in [2.24, 2.45) is 0 Å². The normalized spacial score (nSPS) is 12.7. The monoisotopic (exact) mass is 925 g/mol. The van der Waals surface area contributed by atoms with Crippen molar-refractivity contribution in [3.63, 3.8) is 0 Å². The van der Waals surface area contributed by atoms with Crippen molar-refractivity contribution in [2.75, 3.05) is 0 Å². The molecule has 12 aromatic rings. The van der Waals surface area contributed by atoms with Crippen molar-refractivity contribution in [3.8, 4) is 45.2 Å². The number of pyridine rings is 1. The van der Waals surface area contributed by atoms with Gasteiger partial charge in [-0.1, -0.05) is 172 Å². The number of hydrogen-bond donors (Lipinski definition) is 1. The molecule has 1 N–H and O–H groups in total. The number of imidazole rings is 1. The van der Waals surface area contributed by atoms with Crippen LogP contribution in [0.1, 0.15) is 103 Å². The first-order chi connectivity index (χ1) is 34.0. The first-order valence-corrected chi connectivity index (χ1v) is 25.2. The fraction of sp³-hybridized carbons (Fsp3) is 0.212. The van der Waals surface area contributed by atoms with Crippen LogP contribution in [0.3, 0.4) is 0 Å². The van der Waals surface area contributed by atoms with E-state index in [-0.39, 0.29) is 28.4 Å². The predicted octanol–water partition coefficient (Wildman–Crippen LogP) is 18.5. The SMILES string of the molecule is CC(C)c1cc(-c2ccccc2)cc(C(C)C)c1-n1c(-c2cc(C(C)(C)C)cc(C(C)(C)C)c2O)nc2c(-c3ccc4c5ccccc5c5cc6c(cc5c4n3)oc3ccc4ccccc4c36)cccc21. The van der Waals surface area contributed by atoms with Gasteiger partial charge in [0.05, 0.1) is 33.5 Å². The van der Waals surface area contributed by atoms with Gasteiger partial charge in [0.15, 0.2) is 0 Å². The van der Waals surface area contributed by atoms with Gasteiger partial charge >= 0.3 is 0 Å². The fourth-order valence-corrected chi connectivity index (χ4v) is 11.1. The molecule has 0 radical (unpaired) electrons. The molecule has 12 rings (SSSR count). The number of aromatic nitrogens is 3. The largest absolute Gasteiger partial charge is 0.507 e. The topological polar surface area (TPSA) is 64.1 Å². The van der Waals surface area contributed by atoms with Gasteiger partial charge in [0.1, 0.15) is 22.7 Å². The molecule has 5 nitrogen and oxygen atoms in total. The quantitative estimate of drug-likeness (QED) is 0.169. The van der Waals surface area contributed by atoms with Crippen LogP contribution in [0.5, 0.6) is 5.75 Å². The number of hydrogen-bond acceptors (Lipinski definition) is 4. The van der Waals surface area contributed by atoms with Gasteiger partial charge in [-0.2, -0.15) is 0 Å². The molecule has 350 valence electrons. The van der Waals surface area contributed by atoms with E-state index in [1.807, 2.05) is 0 Å². The summed E-state index contributed by atoms with van der Waals surface area (Å²) >= 11 is 0. The Morgan fingerprint density at radius 2 is 1.17 bits per heavy atom. The van der Waals surface area contributed by atoms with E-state index in [4.69, 9.17) is 14.4 Å². The lowest BCUT2D eigenvalue weighted by Gasteiger charge is -2.28. The summed E-state index contributed by atoms with van der Waals surface area (Å²) in [6, 6.07) is 56.7. The highest BCUT2D eigenvalue weighted by Crippen LogP contribution is 2.48. The standard InChI is InChI=1S/C66H59N3O2/c1-37(2)48-31-41(39-19-12-11-13-20-39)32-49(38(3)4)62(48)69-56-26-18-25-47(61(56)68-64(69)53-33-42(65(5,6)7)34-54(63(53)70)66(8,9)10)55-29-28-46-44-23-16-17-24-45(44)50-35-52-58(36-51(50)60(46)67-55)71-57-30-27-40-21-14-15-22-43(40)59(52)57/h11-38,70H,1-10H3. The highest BCUT2D eigenvalue weighted by molar-refractivity contribution is 6.29. The Hall–Kier alpha value is -7.76. The van der Waals surface area contributed by atoms with Crippen molar-refractivity contribution in [2.45, 2.75) is 91.9 Å². The molecule has 0 atom stereocenters. The summed E-state index contributed by atoms with van der Waals surface area (Å²) in [5.41, 5.74) is 14.3. The molecule has 0 spiro atoms. The molecule has 9 aromatic carbocycles. The molecular weight excluding hydrogens is 867 g/mol. The highest BCUT2D eigenvalue weighted by Gasteiger charge is 2.31. The molecule has 0 aliphatic heterocycles. The third-order valence-electron chi connectivity index (χ3n) is 14.9. The van der Waals surface area contributed by atoms with E-state index in [9.17, 15) is 5.11 Å². The molecule has 0 bridgehead atoms. The Morgan fingerprint density at radius 3 is 1.86 bits per heavy atom. The predicted molar refractivity (Wildman–Crippen MR) is 300 cm³/mol. The number of nitrogens with zero attached hydrogens (tertiary/aromatic N) is 3. The van der Waals surface area contributed by atoms with Gasteiger partial charge in [-0.15, -0.1) is 0 Å². The molecule has 5 heteroatoms. The number of fused-ring (bicyclic) bond motifs is 12. The summed E-state index contributed by atoms with van der Waals surface area (Å²) in [5, 5.41) is 22.9. The van der Waals surface area contributed by atoms with E-state index >= 15 is 0 Å². The minimum Gasteiger partial charge on any atom is -0.507 e. The van der Waals surface area contributed by atoms with Gasteiger partial charge in [-0.05, 0) is 132 Å². The molecule has 0 unspecified atom stereocenters. The molecular formula is C66H59N3O2. The van der Waals surface area contributed by atoms with Crippen molar-refractivity contribution >= 4 is 76.2 Å². The Bertz CT molecular complexity index is 4110. The van der Waals surface area contributed by atoms with Crippen LogP contribution in [0.25, 0.3) is 116 Å². The van der Waals surface area contributed by atoms with Crippen LogP contribution < -0.4 is 0 Å². The summed E-state index contributed by atoms with van der Waals surface area (Å²) in [6.07, 6.45) is 0. The van der Waals surface area contributed by atoms with Crippen LogP contribution >= 0.6 is 0 Å². The second-order valence-electron chi connectivity index (χ2n) is 22.3. The maximum absolute atomic E-state index is 12.7. The lowest BCUT2D eigenvalue weighted by atomic mass is 9.78. The molecule has 0 saturated heterocycles. The molecule has 0 saturated carbocycles. The highest BCUT2D eigenvalue weighted by atomic mass is 16.3. The van der Waals surface area contributed by atoms with Gasteiger partial charge in [0, 0.05) is 32.7 Å². The Labute approximate surface area is 415 Å². The number of furan rings is 1. The summed E-state index contributed by atoms with van der Waals surface area (Å²) < 4.78 is 9.05. The average Bonchev–Trinajstić information content (AvgIpc) is 3.93. The Kier molecular flexibility index (Phi) is 10.1. The fourth-order valence-electron chi connectivity index (χ4n) is 11.1. The number of phenolic OH excluding ortho intramolecular Hbond substituents is 1. The number of para-hydroxylation sites is 1. The molecule has 0 aliphatic carbocycles. The smallest absolute Gasteiger partial charge is 0.149 e. The second kappa shape index (κ2) is 16.1. The molecule has 0 aliphatic rings. The van der Waals surface area contributed by atoms with Crippen molar-refractivity contribution in [1.82, 2.24) is 14.5 Å². The lowest BCUT2D eigenvalue weighted by Crippen LogP contribution is -2.17. The number of rotatable bonds is 6. The van der Waals surface area contributed by atoms with E-state index in [0.717, 1.165) is 88.1 Å². The number of benzene rings is 9. The van der Waals surface area contributed by atoms with Crippen LogP contribution in [-0.2, 0) is 10.8 Å². The summed E-state index contributed by atoms with van der Waals surface area (Å²) in [4.78, 5) is 11.4. The van der Waals surface area contributed by atoms with Gasteiger partial charge < -0.3 is 9.52 Å². The third-order valence-corrected chi connectivity index (χ3v) is 14.9. The van der Waals surface area contributed by atoms with Crippen molar-refractivity contribution < 1.29 is 9.52 Å². The van der Waals surface area contributed by atoms with E-state index in [0.29, 0.717) is 11.4 Å². The summed E-state index contributed by atoms with van der Waals surface area (Å²) in [7, 11) is 0. The van der Waals surface area contributed by atoms with E-state index < -0.39 is 0 Å². The minimum absolute atomic E-state index is 0.168. The summed E-state index contributed by atoms with van der Waals surface area (Å²) in [5.74, 6) is 1.30. The third kappa shape index (κ3) is 7.11. The zero-order valence-corrected chi connectivity index (χ0v) is 42.4. The van der Waals surface area contributed by atoms with Crippen LogP contribution in [0, 0.1) is 0 Å². The average molecular weight is 926 g/mol. The molecule has 71 heavy (non-hydrogen) atoms. The van der Waals surface area contributed by atoms with Gasteiger partial charge in [-0.3, -0.25) is 4.57 Å². The number of aromatic hydroxyl groups is 1. The zero-order chi connectivity index (χ0) is 49.2. The van der Waals surface area contributed by atoms with Crippen LogP contribution in [0.15, 0.2) is 162 Å². The second-order valence-corrected chi connectivity index (χ2v) is 22.3. The summed E-state index contributed by atoms with van der Waals surface area (Å²) in [6.45, 7) is 22.4. The lowest BCUT2D eigenvalue weighted by molar-refractivity contribution is 0.446. The van der Waals surface area contributed by atoms with Crippen LogP contribution in [0.4, 0.5) is 0 Å². The van der Waals surface area contributed by atoms with E-state index in [1.54, 1.807) is 0 Å². The van der Waals surface area contributed by atoms with E-state index in [2.05, 4.69) is 232 Å². The van der Waals surface area contributed by atoms with Gasteiger partial charge in [-0.25, -0.2) is 9.97 Å². The zero-order valence-electron chi connectivity index (χ0n) is 42.4. The van der Waals surface area contributed by atoms with Crippen molar-refractivity contribution in [1.29, 1.82) is 0 Å². The first kappa shape index (κ1) is 44.4. The van der Waals surface area contributed by atoms with Crippen LogP contribution in [-0.4, -0.2) is 19.6 Å². The minimum atomic E-state index is -0.338. The molecule has 0 fully saturated rings. The molecule has 3 aromatic heterocycles. The maximum Gasteiger partial charge on any atom is 0.149 e.